The van der Waals surface area contributed by atoms with Crippen molar-refractivity contribution in [2.24, 2.45) is 5.92 Å². The van der Waals surface area contributed by atoms with Gasteiger partial charge in [-0.2, -0.15) is 0 Å². The Hall–Kier alpha value is -2.80. The number of rotatable bonds is 9. The van der Waals surface area contributed by atoms with Gasteiger partial charge < -0.3 is 0 Å². The van der Waals surface area contributed by atoms with Gasteiger partial charge in [0.05, 0.1) is 4.92 Å². The Labute approximate surface area is 215 Å². The zero-order valence-corrected chi connectivity index (χ0v) is 21.3. The summed E-state index contributed by atoms with van der Waals surface area (Å²) in [6, 6.07) is 27.1. The van der Waals surface area contributed by atoms with Gasteiger partial charge in [0.1, 0.15) is 0 Å². The van der Waals surface area contributed by atoms with Crippen LogP contribution in [0.3, 0.4) is 0 Å². The van der Waals surface area contributed by atoms with Gasteiger partial charge in [0, 0.05) is 33.8 Å². The summed E-state index contributed by atoms with van der Waals surface area (Å²) in [4.78, 5) is 16.4. The third-order valence-electron chi connectivity index (χ3n) is 7.17. The molecule has 0 amide bonds. The fraction of sp³-hybridized carbons (Fsp3) is 0.310. The highest BCUT2D eigenvalue weighted by Crippen LogP contribution is 2.38. The summed E-state index contributed by atoms with van der Waals surface area (Å²) in [7, 11) is 0. The van der Waals surface area contributed by atoms with E-state index in [0.29, 0.717) is 6.04 Å². The summed E-state index contributed by atoms with van der Waals surface area (Å²) in [6.45, 7) is 2.17. The van der Waals surface area contributed by atoms with Crippen molar-refractivity contribution in [2.45, 2.75) is 37.6 Å². The standard InChI is InChI=1S/C29H30N2O2S2/c32-31(33)25-12-10-24(11-13-25)29(28-9-5-19-35-28)27(21-26-8-4-18-34-26)30-16-14-23(15-17-30)20-22-6-2-1-3-7-22/h1-13,18-19,23,27,29H,14-17,20-21H2. The molecule has 180 valence electrons. The lowest BCUT2D eigenvalue weighted by Gasteiger charge is -2.41. The summed E-state index contributed by atoms with van der Waals surface area (Å²) in [5, 5.41) is 15.6. The molecule has 2 aromatic carbocycles. The Morgan fingerprint density at radius 3 is 2.23 bits per heavy atom. The van der Waals surface area contributed by atoms with Crippen LogP contribution in [0.15, 0.2) is 89.6 Å². The van der Waals surface area contributed by atoms with E-state index in [0.717, 1.165) is 37.4 Å². The molecule has 3 heterocycles. The van der Waals surface area contributed by atoms with Crippen molar-refractivity contribution in [1.82, 2.24) is 4.90 Å². The van der Waals surface area contributed by atoms with Crippen molar-refractivity contribution in [2.75, 3.05) is 13.1 Å². The first-order chi connectivity index (χ1) is 17.2. The quantitative estimate of drug-likeness (QED) is 0.177. The number of non-ortho nitro benzene ring substituents is 1. The molecule has 4 nitrogen and oxygen atoms in total. The smallest absolute Gasteiger partial charge is 0.269 e. The molecule has 2 aromatic heterocycles. The molecule has 0 N–H and O–H groups in total. The highest BCUT2D eigenvalue weighted by atomic mass is 32.1. The number of piperidine rings is 1. The van der Waals surface area contributed by atoms with E-state index in [1.54, 1.807) is 23.5 Å². The fourth-order valence-corrected chi connectivity index (χ4v) is 7.04. The Kier molecular flexibility index (Phi) is 7.72. The van der Waals surface area contributed by atoms with E-state index in [2.05, 4.69) is 70.3 Å². The average molecular weight is 503 g/mol. The predicted molar refractivity (Wildman–Crippen MR) is 146 cm³/mol. The summed E-state index contributed by atoms with van der Waals surface area (Å²) in [6.07, 6.45) is 4.54. The second-order valence-electron chi connectivity index (χ2n) is 9.36. The van der Waals surface area contributed by atoms with Gasteiger partial charge in [-0.1, -0.05) is 54.6 Å². The Morgan fingerprint density at radius 1 is 0.886 bits per heavy atom. The van der Waals surface area contributed by atoms with E-state index in [1.165, 1.54) is 28.2 Å². The summed E-state index contributed by atoms with van der Waals surface area (Å²) < 4.78 is 0. The van der Waals surface area contributed by atoms with Gasteiger partial charge >= 0.3 is 0 Å². The highest BCUT2D eigenvalue weighted by molar-refractivity contribution is 7.10. The van der Waals surface area contributed by atoms with Crippen LogP contribution in [0.4, 0.5) is 5.69 Å². The third kappa shape index (κ3) is 5.89. The maximum atomic E-state index is 11.3. The van der Waals surface area contributed by atoms with Crippen LogP contribution in [-0.2, 0) is 12.8 Å². The summed E-state index contributed by atoms with van der Waals surface area (Å²) >= 11 is 3.61. The van der Waals surface area contributed by atoms with Crippen LogP contribution in [0.25, 0.3) is 0 Å². The van der Waals surface area contributed by atoms with E-state index >= 15 is 0 Å². The zero-order valence-electron chi connectivity index (χ0n) is 19.7. The Morgan fingerprint density at radius 2 is 1.60 bits per heavy atom. The van der Waals surface area contributed by atoms with E-state index < -0.39 is 0 Å². The van der Waals surface area contributed by atoms with Crippen molar-refractivity contribution in [3.05, 3.63) is 121 Å². The number of hydrogen-bond donors (Lipinski definition) is 0. The lowest BCUT2D eigenvalue weighted by atomic mass is 9.83. The Balaban J connectivity index is 1.41. The van der Waals surface area contributed by atoms with Gasteiger partial charge in [-0.25, -0.2) is 0 Å². The summed E-state index contributed by atoms with van der Waals surface area (Å²) in [5.41, 5.74) is 2.74. The first-order valence-corrected chi connectivity index (χ1v) is 14.0. The minimum absolute atomic E-state index is 0.148. The normalized spacial score (nSPS) is 16.7. The van der Waals surface area contributed by atoms with Gasteiger partial charge in [-0.15, -0.1) is 22.7 Å². The highest BCUT2D eigenvalue weighted by Gasteiger charge is 2.34. The van der Waals surface area contributed by atoms with Gasteiger partial charge in [0.25, 0.3) is 5.69 Å². The van der Waals surface area contributed by atoms with Crippen molar-refractivity contribution in [3.63, 3.8) is 0 Å². The number of nitrogens with zero attached hydrogens (tertiary/aromatic N) is 2. The Bertz CT molecular complexity index is 1180. The molecule has 0 radical (unpaired) electrons. The first-order valence-electron chi connectivity index (χ1n) is 12.3. The topological polar surface area (TPSA) is 46.4 Å². The minimum atomic E-state index is -0.315. The van der Waals surface area contributed by atoms with E-state index in [4.69, 9.17) is 0 Å². The largest absolute Gasteiger partial charge is 0.299 e. The molecule has 1 aliphatic heterocycles. The lowest BCUT2D eigenvalue weighted by molar-refractivity contribution is -0.384. The maximum Gasteiger partial charge on any atom is 0.269 e. The molecule has 0 saturated carbocycles. The van der Waals surface area contributed by atoms with Crippen LogP contribution >= 0.6 is 22.7 Å². The van der Waals surface area contributed by atoms with Crippen molar-refractivity contribution >= 4 is 28.4 Å². The molecule has 4 aromatic rings. The number of hydrogen-bond acceptors (Lipinski definition) is 5. The van der Waals surface area contributed by atoms with Gasteiger partial charge in [-0.05, 0) is 78.7 Å². The molecule has 0 spiro atoms. The summed E-state index contributed by atoms with van der Waals surface area (Å²) in [5.74, 6) is 0.902. The monoisotopic (exact) mass is 502 g/mol. The molecule has 6 heteroatoms. The molecule has 1 aliphatic rings. The molecule has 1 saturated heterocycles. The fourth-order valence-electron chi connectivity index (χ4n) is 5.38. The molecule has 2 atom stereocenters. The number of likely N-dealkylation sites (tertiary alicyclic amines) is 1. The molecule has 35 heavy (non-hydrogen) atoms. The van der Waals surface area contributed by atoms with Crippen molar-refractivity contribution < 1.29 is 4.92 Å². The van der Waals surface area contributed by atoms with Crippen LogP contribution in [0.2, 0.25) is 0 Å². The number of nitro groups is 1. The molecular formula is C29H30N2O2S2. The van der Waals surface area contributed by atoms with Crippen molar-refractivity contribution in [3.8, 4) is 0 Å². The average Bonchev–Trinajstić information content (AvgIpc) is 3.60. The zero-order chi connectivity index (χ0) is 24.0. The van der Waals surface area contributed by atoms with E-state index in [-0.39, 0.29) is 16.5 Å². The van der Waals surface area contributed by atoms with Crippen LogP contribution in [-0.4, -0.2) is 29.0 Å². The first kappa shape index (κ1) is 23.9. The third-order valence-corrected chi connectivity index (χ3v) is 9.03. The van der Waals surface area contributed by atoms with Crippen LogP contribution < -0.4 is 0 Å². The van der Waals surface area contributed by atoms with Gasteiger partial charge in [-0.3, -0.25) is 15.0 Å². The predicted octanol–water partition coefficient (Wildman–Crippen LogP) is 7.42. The van der Waals surface area contributed by atoms with E-state index in [9.17, 15) is 10.1 Å². The van der Waals surface area contributed by atoms with E-state index in [1.807, 2.05) is 23.5 Å². The molecule has 5 rings (SSSR count). The maximum absolute atomic E-state index is 11.3. The molecule has 2 unspecified atom stereocenters. The molecule has 0 aliphatic carbocycles. The molecular weight excluding hydrogens is 472 g/mol. The second-order valence-corrected chi connectivity index (χ2v) is 11.4. The van der Waals surface area contributed by atoms with Gasteiger partial charge in [0.2, 0.25) is 0 Å². The molecule has 0 bridgehead atoms. The van der Waals surface area contributed by atoms with Crippen LogP contribution in [0, 0.1) is 16.0 Å². The van der Waals surface area contributed by atoms with Crippen LogP contribution in [0.5, 0.6) is 0 Å². The number of thiophene rings is 2. The number of nitro benzene ring substituents is 1. The second kappa shape index (κ2) is 11.3. The van der Waals surface area contributed by atoms with Crippen LogP contribution in [0.1, 0.15) is 39.6 Å². The lowest BCUT2D eigenvalue weighted by Crippen LogP contribution is -2.46. The van der Waals surface area contributed by atoms with Crippen molar-refractivity contribution in [1.29, 1.82) is 0 Å². The minimum Gasteiger partial charge on any atom is -0.299 e. The SMILES string of the molecule is O=[N+]([O-])c1ccc(C(c2cccs2)C(Cc2cccs2)N2CCC(Cc3ccccc3)CC2)cc1. The number of benzene rings is 2. The van der Waals surface area contributed by atoms with Gasteiger partial charge in [0.15, 0.2) is 0 Å². The molecule has 1 fully saturated rings.